The molecule has 270 valence electrons. The van der Waals surface area contributed by atoms with Crippen LogP contribution in [0.15, 0.2) is 105 Å². The molecule has 2 heterocycles. The van der Waals surface area contributed by atoms with E-state index in [-0.39, 0.29) is 17.0 Å². The Morgan fingerprint density at radius 2 is 1.02 bits per heavy atom. The highest BCUT2D eigenvalue weighted by Crippen LogP contribution is 2.43. The maximum absolute atomic E-state index is 12.5. The number of carboxylic acid groups (broad SMARTS) is 2. The van der Waals surface area contributed by atoms with Crippen LogP contribution in [-0.4, -0.2) is 69.4 Å². The summed E-state index contributed by atoms with van der Waals surface area (Å²) in [6, 6.07) is 27.7. The topological polar surface area (TPSA) is 188 Å². The van der Waals surface area contributed by atoms with Crippen LogP contribution in [0.5, 0.6) is 11.5 Å². The molecule has 0 saturated heterocycles. The first kappa shape index (κ1) is 40.8. The van der Waals surface area contributed by atoms with Gasteiger partial charge in [-0.25, -0.2) is 0 Å². The van der Waals surface area contributed by atoms with Crippen molar-refractivity contribution in [1.29, 1.82) is 0 Å². The zero-order valence-electron chi connectivity index (χ0n) is 28.3. The Hall–Kier alpha value is -4.66. The molecule has 0 radical (unpaired) electrons. The summed E-state index contributed by atoms with van der Waals surface area (Å²) in [6.45, 7) is 3.13. The molecule has 0 amide bonds. The molecule has 13 heteroatoms. The molecular weight excluding hydrogens is 693 g/mol. The highest BCUT2D eigenvalue weighted by atomic mass is 32.2. The molecule has 2 aliphatic rings. The van der Waals surface area contributed by atoms with Gasteiger partial charge in [0.1, 0.15) is 11.5 Å². The van der Waals surface area contributed by atoms with E-state index < -0.39 is 11.9 Å². The number of hydrogen-bond acceptors (Lipinski definition) is 12. The lowest BCUT2D eigenvalue weighted by molar-refractivity contribution is -0.345. The summed E-state index contributed by atoms with van der Waals surface area (Å²) in [5, 5.41) is 24.1. The van der Waals surface area contributed by atoms with Crippen LogP contribution in [0.4, 0.5) is 0 Å². The highest BCUT2D eigenvalue weighted by molar-refractivity contribution is 7.99. The number of Topliss-reactive ketones (excluding diaryl/α,β-unsaturated/α-hetero) is 2. The van der Waals surface area contributed by atoms with E-state index in [1.807, 2.05) is 86.9 Å². The first-order valence-electron chi connectivity index (χ1n) is 16.0. The lowest BCUT2D eigenvalue weighted by Crippen LogP contribution is -2.42. The Bertz CT molecular complexity index is 1690. The van der Waals surface area contributed by atoms with Crippen LogP contribution in [0.1, 0.15) is 44.7 Å². The van der Waals surface area contributed by atoms with E-state index in [0.717, 1.165) is 79.3 Å². The van der Waals surface area contributed by atoms with Gasteiger partial charge in [0.15, 0.2) is 11.6 Å². The Morgan fingerprint density at radius 3 is 1.39 bits per heavy atom. The Balaban J connectivity index is 0.000000234. The number of hydrogen-bond donors (Lipinski definition) is 2. The van der Waals surface area contributed by atoms with Crippen molar-refractivity contribution in [3.8, 4) is 11.5 Å². The van der Waals surface area contributed by atoms with Gasteiger partial charge in [-0.05, 0) is 87.6 Å². The number of carbonyl (C=O) groups excluding carboxylic acids is 4. The van der Waals surface area contributed by atoms with E-state index >= 15 is 0 Å². The minimum Gasteiger partial charge on any atom is -0.543 e. The van der Waals surface area contributed by atoms with Gasteiger partial charge in [0, 0.05) is 33.8 Å². The zero-order valence-corrected chi connectivity index (χ0v) is 30.0. The number of nitrogens with one attached hydrogen (secondary N) is 2. The fourth-order valence-electron chi connectivity index (χ4n) is 5.03. The lowest BCUT2D eigenvalue weighted by atomic mass is 10.0. The van der Waals surface area contributed by atoms with Crippen LogP contribution >= 0.6 is 23.5 Å². The molecule has 0 fully saturated rings. The van der Waals surface area contributed by atoms with Gasteiger partial charge in [-0.2, -0.15) is 0 Å². The van der Waals surface area contributed by atoms with Crippen molar-refractivity contribution in [2.24, 2.45) is 0 Å². The smallest absolute Gasteiger partial charge is 0.168 e. The van der Waals surface area contributed by atoms with Crippen LogP contribution in [-0.2, 0) is 22.4 Å². The molecule has 0 atom stereocenters. The third kappa shape index (κ3) is 11.7. The van der Waals surface area contributed by atoms with Gasteiger partial charge in [0.05, 0.1) is 34.9 Å². The van der Waals surface area contributed by atoms with Crippen LogP contribution in [0.3, 0.4) is 0 Å². The summed E-state index contributed by atoms with van der Waals surface area (Å²) >= 11 is 3.27. The van der Waals surface area contributed by atoms with Crippen LogP contribution in [0.25, 0.3) is 0 Å². The molecule has 0 unspecified atom stereocenters. The van der Waals surface area contributed by atoms with E-state index in [2.05, 4.69) is 22.8 Å². The van der Waals surface area contributed by atoms with Crippen molar-refractivity contribution >= 4 is 47.0 Å². The number of carbonyl (C=O) groups is 4. The fourth-order valence-corrected chi connectivity index (χ4v) is 7.34. The summed E-state index contributed by atoms with van der Waals surface area (Å²) in [5.74, 6) is -2.43. The molecule has 4 aromatic rings. The normalized spacial score (nSPS) is 12.3. The maximum Gasteiger partial charge on any atom is 0.168 e. The number of ether oxygens (including phenoxy) is 2. The first-order valence-corrected chi connectivity index (χ1v) is 17.7. The lowest BCUT2D eigenvalue weighted by Gasteiger charge is -2.13. The average Bonchev–Trinajstić information content (AvgIpc) is 3.36. The number of rotatable bonds is 10. The second-order valence-corrected chi connectivity index (χ2v) is 13.2. The standard InChI is InChI=1S/2C18H19NO2S.C2H2O4.H2O/c2*1-19-10-5-11-21-16-8-4-7-14-15(20)12-13-6-2-3-9-17(13)22-18(14)16;3-1(4)2(5)6;/h2*2-4,6-9,19H,5,10-12H2,1H3;(H,3,4)(H,5,6);1H2/p-2. The molecule has 11 nitrogen and oxygen atoms in total. The molecule has 0 bridgehead atoms. The Labute approximate surface area is 305 Å². The van der Waals surface area contributed by atoms with Crippen molar-refractivity contribution in [3.63, 3.8) is 0 Å². The summed E-state index contributed by atoms with van der Waals surface area (Å²) in [5.41, 5.74) is 3.73. The summed E-state index contributed by atoms with van der Waals surface area (Å²) in [6.07, 6.45) is 2.80. The van der Waals surface area contributed by atoms with Gasteiger partial charge >= 0.3 is 0 Å². The second-order valence-electron chi connectivity index (χ2n) is 11.1. The van der Waals surface area contributed by atoms with Crippen LogP contribution in [0, 0.1) is 0 Å². The number of ketones is 2. The molecule has 0 spiro atoms. The molecule has 51 heavy (non-hydrogen) atoms. The monoisotopic (exact) mass is 732 g/mol. The predicted molar refractivity (Wildman–Crippen MR) is 192 cm³/mol. The van der Waals surface area contributed by atoms with Crippen molar-refractivity contribution in [2.45, 2.75) is 45.3 Å². The molecule has 6 rings (SSSR count). The third-order valence-electron chi connectivity index (χ3n) is 7.45. The van der Waals surface area contributed by atoms with E-state index in [0.29, 0.717) is 26.1 Å². The van der Waals surface area contributed by atoms with Gasteiger partial charge in [-0.15, -0.1) is 0 Å². The maximum atomic E-state index is 12.5. The van der Waals surface area contributed by atoms with Gasteiger partial charge in [-0.3, -0.25) is 9.59 Å². The van der Waals surface area contributed by atoms with Gasteiger partial charge < -0.3 is 45.4 Å². The van der Waals surface area contributed by atoms with E-state index in [9.17, 15) is 9.59 Å². The van der Waals surface area contributed by atoms with Gasteiger partial charge in [0.2, 0.25) is 0 Å². The van der Waals surface area contributed by atoms with Gasteiger partial charge in [-0.1, -0.05) is 72.1 Å². The SMILES string of the molecule is CNCCCOc1cccc2c1Sc1ccccc1CC2=O.CNCCCOc1cccc2c1Sc1ccccc1CC2=O.O.O=C([O-])C(=O)[O-]. The van der Waals surface area contributed by atoms with Crippen LogP contribution in [0.2, 0.25) is 0 Å². The molecule has 4 N–H and O–H groups in total. The molecule has 4 aromatic carbocycles. The summed E-state index contributed by atoms with van der Waals surface area (Å²) in [7, 11) is 3.86. The average molecular weight is 733 g/mol. The number of fused-ring (bicyclic) bond motifs is 4. The van der Waals surface area contributed by atoms with Crippen molar-refractivity contribution in [1.82, 2.24) is 10.6 Å². The van der Waals surface area contributed by atoms with Crippen molar-refractivity contribution in [3.05, 3.63) is 107 Å². The van der Waals surface area contributed by atoms with E-state index in [1.54, 1.807) is 23.5 Å². The number of aliphatic carboxylic acids is 2. The molecular formula is C38H40N2O9S2-2. The summed E-state index contributed by atoms with van der Waals surface area (Å²) < 4.78 is 11.8. The first-order chi connectivity index (χ1) is 24.2. The van der Waals surface area contributed by atoms with E-state index in [1.165, 1.54) is 0 Å². The minimum atomic E-state index is -2.19. The number of carboxylic acids is 2. The second kappa shape index (κ2) is 20.9. The Kier molecular flexibility index (Phi) is 16.7. The van der Waals surface area contributed by atoms with Crippen molar-refractivity contribution < 1.29 is 44.3 Å². The molecule has 0 aliphatic carbocycles. The zero-order chi connectivity index (χ0) is 35.9. The quantitative estimate of drug-likeness (QED) is 0.180. The fraction of sp³-hybridized carbons (Fsp3) is 0.263. The third-order valence-corrected chi connectivity index (χ3v) is 9.94. The molecule has 0 aromatic heterocycles. The van der Waals surface area contributed by atoms with Crippen LogP contribution < -0.4 is 30.3 Å². The van der Waals surface area contributed by atoms with E-state index in [4.69, 9.17) is 29.3 Å². The molecule has 0 saturated carbocycles. The highest BCUT2D eigenvalue weighted by Gasteiger charge is 2.24. The predicted octanol–water partition coefficient (Wildman–Crippen LogP) is 2.79. The molecule has 2 aliphatic heterocycles. The van der Waals surface area contributed by atoms with Gasteiger partial charge in [0.25, 0.3) is 0 Å². The Morgan fingerprint density at radius 1 is 0.627 bits per heavy atom. The van der Waals surface area contributed by atoms with Crippen molar-refractivity contribution in [2.75, 3.05) is 40.4 Å². The summed E-state index contributed by atoms with van der Waals surface area (Å²) in [4.78, 5) is 47.1. The largest absolute Gasteiger partial charge is 0.543 e. The number of benzene rings is 4. The minimum absolute atomic E-state index is 0.